The number of carbonyl (C=O) groups is 1. The van der Waals surface area contributed by atoms with Crippen LogP contribution in [0.2, 0.25) is 0 Å². The first-order valence-electron chi connectivity index (χ1n) is 6.90. The van der Waals surface area contributed by atoms with E-state index in [1.165, 1.54) is 19.1 Å². The van der Waals surface area contributed by atoms with Crippen LogP contribution in [-0.2, 0) is 40.0 Å². The highest BCUT2D eigenvalue weighted by Gasteiger charge is 2.16. The second kappa shape index (κ2) is 9.50. The number of nitrogens with one attached hydrogen (secondary N) is 1. The maximum atomic E-state index is 11.9. The molecule has 1 unspecified atom stereocenters. The van der Waals surface area contributed by atoms with E-state index in [1.54, 1.807) is 0 Å². The summed E-state index contributed by atoms with van der Waals surface area (Å²) in [6, 6.07) is 3.73. The summed E-state index contributed by atoms with van der Waals surface area (Å²) in [5, 5.41) is 2.39. The molecule has 3 N–H and O–H groups in total. The minimum atomic E-state index is -4.59. The number of benzene rings is 1. The Balaban J connectivity index is 2.46. The molecule has 11 nitrogen and oxygen atoms in total. The van der Waals surface area contributed by atoms with Gasteiger partial charge in [-0.15, -0.1) is 0 Å². The van der Waals surface area contributed by atoms with Gasteiger partial charge in [-0.1, -0.05) is 6.07 Å². The molecule has 1 amide bonds. The SMILES string of the molecule is Cc1ccc(C(=O)NCCS(=O)OCCOS(=O)(=O)O)cc1S(=O)(=O)O. The Morgan fingerprint density at radius 1 is 1.19 bits per heavy atom. The maximum absolute atomic E-state index is 11.9. The highest BCUT2D eigenvalue weighted by Crippen LogP contribution is 2.16. The molecule has 0 aliphatic rings. The molecule has 14 heteroatoms. The first kappa shape index (κ1) is 22.6. The van der Waals surface area contributed by atoms with Crippen LogP contribution in [0.15, 0.2) is 23.1 Å². The van der Waals surface area contributed by atoms with Gasteiger partial charge >= 0.3 is 10.4 Å². The minimum Gasteiger partial charge on any atom is -0.351 e. The van der Waals surface area contributed by atoms with E-state index in [9.17, 15) is 25.8 Å². The van der Waals surface area contributed by atoms with Crippen LogP contribution >= 0.6 is 0 Å². The molecule has 1 atom stereocenters. The lowest BCUT2D eigenvalue weighted by Crippen LogP contribution is -2.28. The number of carbonyl (C=O) groups excluding carboxylic acids is 1. The van der Waals surface area contributed by atoms with Crippen molar-refractivity contribution in [1.82, 2.24) is 5.32 Å². The fourth-order valence-electron chi connectivity index (χ4n) is 1.69. The summed E-state index contributed by atoms with van der Waals surface area (Å²) >= 11 is -1.85. The molecule has 0 saturated carbocycles. The van der Waals surface area contributed by atoms with Gasteiger partial charge in [-0.05, 0) is 24.6 Å². The number of amides is 1. The summed E-state index contributed by atoms with van der Waals surface area (Å²) in [4.78, 5) is 11.6. The van der Waals surface area contributed by atoms with E-state index in [0.29, 0.717) is 0 Å². The molecule has 26 heavy (non-hydrogen) atoms. The largest absolute Gasteiger partial charge is 0.397 e. The zero-order valence-corrected chi connectivity index (χ0v) is 15.9. The topological polar surface area (TPSA) is 173 Å². The molecule has 0 heterocycles. The van der Waals surface area contributed by atoms with E-state index < -0.39 is 49.0 Å². The van der Waals surface area contributed by atoms with Crippen LogP contribution in [-0.4, -0.2) is 61.6 Å². The Labute approximate surface area is 153 Å². The lowest BCUT2D eigenvalue weighted by Gasteiger charge is -2.08. The molecule has 0 saturated heterocycles. The zero-order chi connectivity index (χ0) is 20.0. The Morgan fingerprint density at radius 2 is 1.85 bits per heavy atom. The normalized spacial score (nSPS) is 13.3. The van der Waals surface area contributed by atoms with Crippen molar-refractivity contribution < 1.29 is 43.3 Å². The van der Waals surface area contributed by atoms with Gasteiger partial charge < -0.3 is 5.32 Å². The van der Waals surface area contributed by atoms with E-state index in [2.05, 4.69) is 9.50 Å². The Morgan fingerprint density at radius 3 is 2.42 bits per heavy atom. The van der Waals surface area contributed by atoms with Crippen molar-refractivity contribution in [2.45, 2.75) is 11.8 Å². The van der Waals surface area contributed by atoms with Crippen molar-refractivity contribution in [3.63, 3.8) is 0 Å². The third-order valence-electron chi connectivity index (χ3n) is 2.81. The predicted molar refractivity (Wildman–Crippen MR) is 89.8 cm³/mol. The van der Waals surface area contributed by atoms with E-state index in [0.717, 1.165) is 6.07 Å². The Bertz CT molecular complexity index is 879. The monoisotopic (exact) mass is 431 g/mol. The quantitative estimate of drug-likeness (QED) is 0.323. The molecule has 0 spiro atoms. The highest BCUT2D eigenvalue weighted by atomic mass is 32.3. The third kappa shape index (κ3) is 8.31. The summed E-state index contributed by atoms with van der Waals surface area (Å²) in [7, 11) is -9.06. The van der Waals surface area contributed by atoms with Crippen LogP contribution in [0, 0.1) is 6.92 Å². The van der Waals surface area contributed by atoms with Gasteiger partial charge in [0.2, 0.25) is 0 Å². The van der Waals surface area contributed by atoms with Crippen molar-refractivity contribution >= 4 is 37.5 Å². The Kier molecular flexibility index (Phi) is 8.26. The van der Waals surface area contributed by atoms with Gasteiger partial charge in [0.25, 0.3) is 16.0 Å². The highest BCUT2D eigenvalue weighted by molar-refractivity contribution is 7.86. The van der Waals surface area contributed by atoms with E-state index in [-0.39, 0.29) is 30.0 Å². The average molecular weight is 431 g/mol. The first-order valence-corrected chi connectivity index (χ1v) is 10.9. The van der Waals surface area contributed by atoms with Crippen molar-refractivity contribution in [1.29, 1.82) is 0 Å². The fourth-order valence-corrected chi connectivity index (χ4v) is 3.36. The van der Waals surface area contributed by atoms with Crippen molar-refractivity contribution in [2.24, 2.45) is 0 Å². The molecule has 0 aromatic heterocycles. The van der Waals surface area contributed by atoms with Crippen LogP contribution in [0.25, 0.3) is 0 Å². The molecule has 0 bridgehead atoms. The standard InChI is InChI=1S/C12H17NO10S3/c1-9-2-3-10(8-11(9)25(16,17)18)12(14)13-4-7-24(15)22-5-6-23-26(19,20)21/h2-3,8H,4-7H2,1H3,(H,13,14)(H,16,17,18)(H,19,20,21). The average Bonchev–Trinajstić information content (AvgIpc) is 2.50. The van der Waals surface area contributed by atoms with Gasteiger partial charge in [0.05, 0.1) is 23.9 Å². The van der Waals surface area contributed by atoms with Crippen LogP contribution < -0.4 is 5.32 Å². The van der Waals surface area contributed by atoms with Gasteiger partial charge in [0.15, 0.2) is 11.1 Å². The fraction of sp³-hybridized carbons (Fsp3) is 0.417. The predicted octanol–water partition coefficient (Wildman–Crippen LogP) is -0.529. The zero-order valence-electron chi connectivity index (χ0n) is 13.4. The molecule has 0 aliphatic heterocycles. The van der Waals surface area contributed by atoms with Crippen molar-refractivity contribution in [3.05, 3.63) is 29.3 Å². The molecule has 0 radical (unpaired) electrons. The minimum absolute atomic E-state index is 0.0171. The van der Waals surface area contributed by atoms with E-state index in [1.807, 2.05) is 0 Å². The first-order chi connectivity index (χ1) is 11.9. The van der Waals surface area contributed by atoms with E-state index >= 15 is 0 Å². The van der Waals surface area contributed by atoms with Crippen molar-refractivity contribution in [3.8, 4) is 0 Å². The van der Waals surface area contributed by atoms with Crippen LogP contribution in [0.5, 0.6) is 0 Å². The number of hydrogen-bond acceptors (Lipinski definition) is 8. The summed E-state index contributed by atoms with van der Waals surface area (Å²) in [6.45, 7) is 0.478. The molecule has 1 rings (SSSR count). The molecule has 0 aliphatic carbocycles. The molecular weight excluding hydrogens is 414 g/mol. The number of rotatable bonds is 10. The number of hydrogen-bond donors (Lipinski definition) is 3. The smallest absolute Gasteiger partial charge is 0.351 e. The lowest BCUT2D eigenvalue weighted by molar-refractivity contribution is 0.0955. The molecule has 148 valence electrons. The molecule has 0 fully saturated rings. The number of aryl methyl sites for hydroxylation is 1. The summed E-state index contributed by atoms with van der Waals surface area (Å²) in [6.07, 6.45) is 0. The second-order valence-electron chi connectivity index (χ2n) is 4.79. The van der Waals surface area contributed by atoms with Crippen LogP contribution in [0.1, 0.15) is 15.9 Å². The molecular formula is C12H17NO10S3. The third-order valence-corrected chi connectivity index (χ3v) is 5.24. The molecule has 1 aromatic carbocycles. The van der Waals surface area contributed by atoms with Crippen molar-refractivity contribution in [2.75, 3.05) is 25.5 Å². The van der Waals surface area contributed by atoms with Gasteiger partial charge in [-0.25, -0.2) is 8.39 Å². The van der Waals surface area contributed by atoms with Gasteiger partial charge in [-0.2, -0.15) is 16.8 Å². The van der Waals surface area contributed by atoms with Gasteiger partial charge in [0, 0.05) is 12.1 Å². The van der Waals surface area contributed by atoms with E-state index in [4.69, 9.17) is 13.3 Å². The second-order valence-corrected chi connectivity index (χ2v) is 8.52. The summed E-state index contributed by atoms with van der Waals surface area (Å²) in [5.74, 6) is -0.782. The van der Waals surface area contributed by atoms with Gasteiger partial charge in [-0.3, -0.25) is 18.1 Å². The van der Waals surface area contributed by atoms with Gasteiger partial charge in [0.1, 0.15) is 0 Å². The summed E-state index contributed by atoms with van der Waals surface area (Å²) < 4.78 is 80.5. The summed E-state index contributed by atoms with van der Waals surface area (Å²) in [5.41, 5.74) is 0.252. The Hall–Kier alpha value is -1.42. The molecule has 1 aromatic rings. The van der Waals surface area contributed by atoms with Crippen LogP contribution in [0.4, 0.5) is 0 Å². The van der Waals surface area contributed by atoms with Crippen LogP contribution in [0.3, 0.4) is 0 Å². The maximum Gasteiger partial charge on any atom is 0.397 e. The lowest BCUT2D eigenvalue weighted by atomic mass is 10.1.